The molecular formula is C15H30N2O2. The number of amides is 1. The quantitative estimate of drug-likeness (QED) is 0.646. The summed E-state index contributed by atoms with van der Waals surface area (Å²) in [7, 11) is 0. The van der Waals surface area contributed by atoms with E-state index in [2.05, 4.69) is 5.32 Å². The van der Waals surface area contributed by atoms with Gasteiger partial charge in [0.25, 0.3) is 0 Å². The normalized spacial score (nSPS) is 27.4. The molecule has 1 aliphatic rings. The van der Waals surface area contributed by atoms with Gasteiger partial charge in [0.05, 0.1) is 12.1 Å². The van der Waals surface area contributed by atoms with E-state index in [9.17, 15) is 9.90 Å². The van der Waals surface area contributed by atoms with Gasteiger partial charge in [-0.3, -0.25) is 4.79 Å². The van der Waals surface area contributed by atoms with E-state index in [1.165, 1.54) is 0 Å². The summed E-state index contributed by atoms with van der Waals surface area (Å²) in [6.07, 6.45) is 7.48. The number of hydrogen-bond acceptors (Lipinski definition) is 3. The van der Waals surface area contributed by atoms with Crippen molar-refractivity contribution in [1.82, 2.24) is 5.32 Å². The summed E-state index contributed by atoms with van der Waals surface area (Å²) in [5.74, 6) is 0.0878. The number of nitrogens with two attached hydrogens (primary N) is 1. The van der Waals surface area contributed by atoms with E-state index in [0.29, 0.717) is 0 Å². The molecule has 1 aliphatic carbocycles. The molecule has 0 aromatic heterocycles. The van der Waals surface area contributed by atoms with E-state index in [1.807, 2.05) is 13.8 Å². The van der Waals surface area contributed by atoms with Gasteiger partial charge in [-0.25, -0.2) is 0 Å². The molecule has 0 aromatic carbocycles. The Hall–Kier alpha value is -0.610. The molecule has 0 aromatic rings. The monoisotopic (exact) mass is 270 g/mol. The van der Waals surface area contributed by atoms with Crippen LogP contribution in [-0.4, -0.2) is 29.2 Å². The van der Waals surface area contributed by atoms with Crippen molar-refractivity contribution in [2.45, 2.75) is 83.4 Å². The Morgan fingerprint density at radius 2 is 1.95 bits per heavy atom. The minimum Gasteiger partial charge on any atom is -0.391 e. The third-order valence-electron chi connectivity index (χ3n) is 4.05. The molecule has 0 spiro atoms. The molecule has 4 N–H and O–H groups in total. The summed E-state index contributed by atoms with van der Waals surface area (Å²) in [5.41, 5.74) is 5.71. The van der Waals surface area contributed by atoms with E-state index >= 15 is 0 Å². The fourth-order valence-corrected chi connectivity index (χ4v) is 2.66. The molecular weight excluding hydrogens is 240 g/mol. The van der Waals surface area contributed by atoms with Crippen LogP contribution in [0.5, 0.6) is 0 Å². The molecule has 1 amide bonds. The lowest BCUT2D eigenvalue weighted by Crippen LogP contribution is -2.44. The number of rotatable bonds is 6. The fraction of sp³-hybridized carbons (Fsp3) is 0.933. The molecule has 0 bridgehead atoms. The maximum absolute atomic E-state index is 12.1. The topological polar surface area (TPSA) is 75.4 Å². The van der Waals surface area contributed by atoms with Gasteiger partial charge < -0.3 is 16.2 Å². The number of hydrogen-bond donors (Lipinski definition) is 3. The molecule has 4 nitrogen and oxygen atoms in total. The second kappa shape index (κ2) is 8.54. The number of aliphatic hydroxyl groups excluding tert-OH is 1. The molecule has 4 atom stereocenters. The van der Waals surface area contributed by atoms with E-state index in [4.69, 9.17) is 5.73 Å². The van der Waals surface area contributed by atoms with Crippen LogP contribution in [0.3, 0.4) is 0 Å². The van der Waals surface area contributed by atoms with Crippen molar-refractivity contribution in [2.75, 3.05) is 0 Å². The second-order valence-electron chi connectivity index (χ2n) is 6.13. The predicted octanol–water partition coefficient (Wildman–Crippen LogP) is 1.95. The Balaban J connectivity index is 2.31. The van der Waals surface area contributed by atoms with Crippen LogP contribution < -0.4 is 11.1 Å². The standard InChI is InChI=1S/C15H30N2O2/c1-11(7-6-8-12(2)16)15(19)17-13-9-4-3-5-10-14(13)18/h11-14,18H,3-10,16H2,1-2H3,(H,17,19). The Kier molecular flexibility index (Phi) is 7.39. The SMILES string of the molecule is CC(N)CCCC(C)C(=O)NC1CCCCCC1O. The molecule has 1 saturated carbocycles. The first-order valence-electron chi connectivity index (χ1n) is 7.74. The van der Waals surface area contributed by atoms with Crippen LogP contribution in [0.4, 0.5) is 0 Å². The number of carbonyl (C=O) groups is 1. The highest BCUT2D eigenvalue weighted by atomic mass is 16.3. The molecule has 4 unspecified atom stereocenters. The van der Waals surface area contributed by atoms with Crippen molar-refractivity contribution in [3.05, 3.63) is 0 Å². The minimum atomic E-state index is -0.372. The summed E-state index contributed by atoms with van der Waals surface area (Å²) < 4.78 is 0. The number of nitrogens with one attached hydrogen (secondary N) is 1. The molecule has 0 radical (unpaired) electrons. The van der Waals surface area contributed by atoms with Gasteiger partial charge in [0, 0.05) is 12.0 Å². The van der Waals surface area contributed by atoms with Crippen LogP contribution in [-0.2, 0) is 4.79 Å². The molecule has 1 fully saturated rings. The Bertz CT molecular complexity index is 269. The van der Waals surface area contributed by atoms with Crippen molar-refractivity contribution in [3.63, 3.8) is 0 Å². The average Bonchev–Trinajstić information content (AvgIpc) is 2.54. The van der Waals surface area contributed by atoms with Crippen molar-refractivity contribution in [3.8, 4) is 0 Å². The smallest absolute Gasteiger partial charge is 0.223 e. The third kappa shape index (κ3) is 6.39. The highest BCUT2D eigenvalue weighted by Gasteiger charge is 2.24. The van der Waals surface area contributed by atoms with Crippen LogP contribution in [0.25, 0.3) is 0 Å². The maximum Gasteiger partial charge on any atom is 0.223 e. The van der Waals surface area contributed by atoms with E-state index in [0.717, 1.165) is 51.4 Å². The first-order chi connectivity index (χ1) is 9.00. The fourth-order valence-electron chi connectivity index (χ4n) is 2.66. The van der Waals surface area contributed by atoms with Crippen molar-refractivity contribution >= 4 is 5.91 Å². The summed E-state index contributed by atoms with van der Waals surface area (Å²) in [5, 5.41) is 13.0. The highest BCUT2D eigenvalue weighted by Crippen LogP contribution is 2.19. The second-order valence-corrected chi connectivity index (χ2v) is 6.13. The average molecular weight is 270 g/mol. The third-order valence-corrected chi connectivity index (χ3v) is 4.05. The van der Waals surface area contributed by atoms with Gasteiger partial charge in [-0.15, -0.1) is 0 Å². The summed E-state index contributed by atoms with van der Waals surface area (Å²) >= 11 is 0. The van der Waals surface area contributed by atoms with Gasteiger partial charge in [-0.1, -0.05) is 32.6 Å². The Labute approximate surface area is 117 Å². The Morgan fingerprint density at radius 3 is 2.63 bits per heavy atom. The van der Waals surface area contributed by atoms with E-state index < -0.39 is 0 Å². The predicted molar refractivity (Wildman–Crippen MR) is 77.7 cm³/mol. The van der Waals surface area contributed by atoms with Gasteiger partial charge in [0.1, 0.15) is 0 Å². The maximum atomic E-state index is 12.1. The first kappa shape index (κ1) is 16.4. The number of carbonyl (C=O) groups excluding carboxylic acids is 1. The van der Waals surface area contributed by atoms with Gasteiger partial charge in [0.2, 0.25) is 5.91 Å². The lowest BCUT2D eigenvalue weighted by molar-refractivity contribution is -0.126. The van der Waals surface area contributed by atoms with Gasteiger partial charge in [-0.05, 0) is 32.6 Å². The minimum absolute atomic E-state index is 0.00852. The first-order valence-corrected chi connectivity index (χ1v) is 7.74. The zero-order chi connectivity index (χ0) is 14.3. The van der Waals surface area contributed by atoms with Crippen molar-refractivity contribution in [1.29, 1.82) is 0 Å². The summed E-state index contributed by atoms with van der Waals surface area (Å²) in [6.45, 7) is 3.95. The lowest BCUT2D eigenvalue weighted by Gasteiger charge is -2.23. The van der Waals surface area contributed by atoms with Crippen LogP contribution in [0.2, 0.25) is 0 Å². The van der Waals surface area contributed by atoms with E-state index in [1.54, 1.807) is 0 Å². The van der Waals surface area contributed by atoms with Gasteiger partial charge in [-0.2, -0.15) is 0 Å². The van der Waals surface area contributed by atoms with Crippen LogP contribution >= 0.6 is 0 Å². The molecule has 112 valence electrons. The summed E-state index contributed by atoms with van der Waals surface area (Å²) in [4.78, 5) is 12.1. The van der Waals surface area contributed by atoms with Crippen molar-refractivity contribution < 1.29 is 9.90 Å². The molecule has 1 rings (SSSR count). The van der Waals surface area contributed by atoms with Crippen molar-refractivity contribution in [2.24, 2.45) is 11.7 Å². The lowest BCUT2D eigenvalue weighted by atomic mass is 9.99. The zero-order valence-electron chi connectivity index (χ0n) is 12.4. The largest absolute Gasteiger partial charge is 0.391 e. The highest BCUT2D eigenvalue weighted by molar-refractivity contribution is 5.78. The van der Waals surface area contributed by atoms with E-state index in [-0.39, 0.29) is 30.0 Å². The Morgan fingerprint density at radius 1 is 1.26 bits per heavy atom. The zero-order valence-corrected chi connectivity index (χ0v) is 12.4. The van der Waals surface area contributed by atoms with Gasteiger partial charge in [0.15, 0.2) is 0 Å². The van der Waals surface area contributed by atoms with Crippen LogP contribution in [0, 0.1) is 5.92 Å². The molecule has 0 heterocycles. The summed E-state index contributed by atoms with van der Waals surface area (Å²) in [6, 6.07) is 0.157. The molecule has 0 saturated heterocycles. The van der Waals surface area contributed by atoms with Crippen LogP contribution in [0.15, 0.2) is 0 Å². The number of aliphatic hydroxyl groups is 1. The van der Waals surface area contributed by atoms with Gasteiger partial charge >= 0.3 is 0 Å². The molecule has 19 heavy (non-hydrogen) atoms. The molecule has 0 aliphatic heterocycles. The van der Waals surface area contributed by atoms with Crippen LogP contribution in [0.1, 0.15) is 65.2 Å². The molecule has 4 heteroatoms.